The summed E-state index contributed by atoms with van der Waals surface area (Å²) in [5.41, 5.74) is 0. The van der Waals surface area contributed by atoms with Crippen LogP contribution in [0.3, 0.4) is 0 Å². The van der Waals surface area contributed by atoms with Gasteiger partial charge in [-0.15, -0.1) is 10.2 Å². The van der Waals surface area contributed by atoms with Crippen molar-refractivity contribution < 1.29 is 22.0 Å². The van der Waals surface area contributed by atoms with Crippen LogP contribution in [-0.4, -0.2) is 36.0 Å². The van der Waals surface area contributed by atoms with Crippen LogP contribution >= 0.6 is 23.4 Å². The second-order valence-corrected chi connectivity index (χ2v) is 9.56. The van der Waals surface area contributed by atoms with Crippen molar-refractivity contribution >= 4 is 33.4 Å². The first kappa shape index (κ1) is 20.3. The molecule has 0 atom stereocenters. The Hall–Kier alpha value is -2.01. The van der Waals surface area contributed by atoms with Crippen molar-refractivity contribution in [3.8, 4) is 5.75 Å². The van der Waals surface area contributed by atoms with E-state index in [1.165, 1.54) is 22.1 Å². The third-order valence-corrected chi connectivity index (χ3v) is 7.12. The van der Waals surface area contributed by atoms with Gasteiger partial charge in [-0.1, -0.05) is 23.4 Å². The number of thioether (sulfide) groups is 1. The number of benzene rings is 1. The lowest BCUT2D eigenvalue weighted by atomic mass is 10.3. The Morgan fingerprint density at radius 3 is 2.59 bits per heavy atom. The first-order valence-corrected chi connectivity index (χ1v) is 11.7. The van der Waals surface area contributed by atoms with E-state index in [-0.39, 0.29) is 11.7 Å². The van der Waals surface area contributed by atoms with E-state index in [1.54, 1.807) is 30.3 Å². The van der Waals surface area contributed by atoms with Gasteiger partial charge in [-0.3, -0.25) is 0 Å². The van der Waals surface area contributed by atoms with E-state index in [2.05, 4.69) is 10.2 Å². The smallest absolute Gasteiger partial charge is 0.277 e. The van der Waals surface area contributed by atoms with Crippen LogP contribution in [-0.2, 0) is 22.4 Å². The fourth-order valence-electron chi connectivity index (χ4n) is 2.79. The van der Waals surface area contributed by atoms with Crippen LogP contribution in [0.5, 0.6) is 5.75 Å². The first-order chi connectivity index (χ1) is 14.0. The molecule has 11 heteroatoms. The summed E-state index contributed by atoms with van der Waals surface area (Å²) < 4.78 is 43.1. The largest absolute Gasteiger partial charge is 0.484 e. The lowest BCUT2D eigenvalue weighted by Gasteiger charge is -2.12. The van der Waals surface area contributed by atoms with Gasteiger partial charge in [0, 0.05) is 18.1 Å². The van der Waals surface area contributed by atoms with Gasteiger partial charge in [0.2, 0.25) is 5.09 Å². The molecule has 1 aliphatic heterocycles. The molecule has 0 spiro atoms. The number of rotatable bonds is 8. The zero-order chi connectivity index (χ0) is 20.3. The minimum absolute atomic E-state index is 0.0300. The van der Waals surface area contributed by atoms with Gasteiger partial charge in [-0.2, -0.15) is 4.31 Å². The van der Waals surface area contributed by atoms with E-state index in [9.17, 15) is 8.42 Å². The Kier molecular flexibility index (Phi) is 6.14. The predicted molar refractivity (Wildman–Crippen MR) is 106 cm³/mol. The summed E-state index contributed by atoms with van der Waals surface area (Å²) in [6.45, 7) is 1.21. The molecule has 0 saturated carbocycles. The average molecular weight is 456 g/mol. The lowest BCUT2D eigenvalue weighted by Crippen LogP contribution is -2.27. The van der Waals surface area contributed by atoms with Crippen LogP contribution in [0, 0.1) is 0 Å². The van der Waals surface area contributed by atoms with Crippen molar-refractivity contribution in [1.82, 2.24) is 14.5 Å². The maximum absolute atomic E-state index is 12.5. The molecule has 0 bridgehead atoms. The van der Waals surface area contributed by atoms with Crippen LogP contribution < -0.4 is 4.74 Å². The van der Waals surface area contributed by atoms with Crippen LogP contribution in [0.2, 0.25) is 5.02 Å². The third-order valence-electron chi connectivity index (χ3n) is 4.26. The number of aromatic nitrogens is 2. The summed E-state index contributed by atoms with van der Waals surface area (Å²) in [6, 6.07) is 10.1. The number of sulfonamides is 1. The van der Waals surface area contributed by atoms with Gasteiger partial charge in [0.15, 0.2) is 6.61 Å². The van der Waals surface area contributed by atoms with Gasteiger partial charge in [0.05, 0.1) is 5.75 Å². The molecule has 4 rings (SSSR count). The number of nitrogens with zero attached hydrogens (tertiary/aromatic N) is 3. The zero-order valence-corrected chi connectivity index (χ0v) is 17.7. The SMILES string of the molecule is O=S(=O)(c1ccc(CSc2nnc(COc3ccc(Cl)cc3)o2)o1)N1CCCC1. The molecule has 0 aliphatic carbocycles. The Balaban J connectivity index is 1.31. The van der Waals surface area contributed by atoms with Crippen LogP contribution in [0.15, 0.2) is 55.5 Å². The molecule has 1 aromatic carbocycles. The molecule has 1 fully saturated rings. The van der Waals surface area contributed by atoms with Gasteiger partial charge in [0.25, 0.3) is 21.1 Å². The predicted octanol–water partition coefficient (Wildman–Crippen LogP) is 3.97. The summed E-state index contributed by atoms with van der Waals surface area (Å²) in [6.07, 6.45) is 1.76. The van der Waals surface area contributed by atoms with Gasteiger partial charge in [-0.25, -0.2) is 8.42 Å². The Labute approximate surface area is 177 Å². The quantitative estimate of drug-likeness (QED) is 0.470. The van der Waals surface area contributed by atoms with E-state index in [0.717, 1.165) is 12.8 Å². The maximum atomic E-state index is 12.5. The highest BCUT2D eigenvalue weighted by Gasteiger charge is 2.30. The molecule has 0 amide bonds. The molecule has 0 N–H and O–H groups in total. The maximum Gasteiger partial charge on any atom is 0.277 e. The van der Waals surface area contributed by atoms with Crippen molar-refractivity contribution in [1.29, 1.82) is 0 Å². The molecule has 3 aromatic rings. The Morgan fingerprint density at radius 1 is 1.07 bits per heavy atom. The third kappa shape index (κ3) is 4.95. The minimum Gasteiger partial charge on any atom is -0.484 e. The molecule has 29 heavy (non-hydrogen) atoms. The van der Waals surface area contributed by atoms with Crippen LogP contribution in [0.1, 0.15) is 24.5 Å². The van der Waals surface area contributed by atoms with Gasteiger partial charge >= 0.3 is 0 Å². The molecule has 1 saturated heterocycles. The monoisotopic (exact) mass is 455 g/mol. The molecule has 0 unspecified atom stereocenters. The van der Waals surface area contributed by atoms with Crippen molar-refractivity contribution in [2.45, 2.75) is 35.5 Å². The standard InChI is InChI=1S/C18H18ClN3O5S2/c19-13-3-5-14(6-4-13)25-11-16-20-21-18(27-16)28-12-15-7-8-17(26-15)29(23,24)22-9-1-2-10-22/h3-8H,1-2,9-12H2. The van der Waals surface area contributed by atoms with E-state index in [1.807, 2.05) is 0 Å². The molecule has 154 valence electrons. The molecule has 3 heterocycles. The molecular weight excluding hydrogens is 438 g/mol. The summed E-state index contributed by atoms with van der Waals surface area (Å²) >= 11 is 7.09. The Morgan fingerprint density at radius 2 is 1.83 bits per heavy atom. The molecular formula is C18H18ClN3O5S2. The van der Waals surface area contributed by atoms with Crippen molar-refractivity contribution in [2.75, 3.05) is 13.1 Å². The second-order valence-electron chi connectivity index (χ2n) is 6.32. The number of hydrogen-bond donors (Lipinski definition) is 0. The van der Waals surface area contributed by atoms with E-state index in [4.69, 9.17) is 25.2 Å². The molecule has 1 aliphatic rings. The van der Waals surface area contributed by atoms with Crippen molar-refractivity contribution in [3.05, 3.63) is 53.1 Å². The number of halogens is 1. The highest BCUT2D eigenvalue weighted by atomic mass is 35.5. The first-order valence-electron chi connectivity index (χ1n) is 8.93. The number of ether oxygens (including phenoxy) is 1. The highest BCUT2D eigenvalue weighted by Crippen LogP contribution is 2.27. The fourth-order valence-corrected chi connectivity index (χ4v) is 5.04. The summed E-state index contributed by atoms with van der Waals surface area (Å²) in [7, 11) is -3.55. The summed E-state index contributed by atoms with van der Waals surface area (Å²) in [4.78, 5) is 0. The average Bonchev–Trinajstić information content (AvgIpc) is 3.48. The normalized spacial score (nSPS) is 15.1. The van der Waals surface area contributed by atoms with E-state index >= 15 is 0 Å². The van der Waals surface area contributed by atoms with Crippen LogP contribution in [0.4, 0.5) is 0 Å². The fraction of sp³-hybridized carbons (Fsp3) is 0.333. The van der Waals surface area contributed by atoms with Crippen molar-refractivity contribution in [2.24, 2.45) is 0 Å². The molecule has 0 radical (unpaired) electrons. The Bertz CT molecular complexity index is 1060. The second kappa shape index (κ2) is 8.78. The van der Waals surface area contributed by atoms with Crippen LogP contribution in [0.25, 0.3) is 0 Å². The molecule has 2 aromatic heterocycles. The summed E-state index contributed by atoms with van der Waals surface area (Å²) in [5.74, 6) is 1.86. The highest BCUT2D eigenvalue weighted by molar-refractivity contribution is 7.98. The minimum atomic E-state index is -3.55. The van der Waals surface area contributed by atoms with Gasteiger partial charge in [0.1, 0.15) is 11.5 Å². The number of furan rings is 1. The number of hydrogen-bond acceptors (Lipinski definition) is 8. The van der Waals surface area contributed by atoms with E-state index < -0.39 is 10.0 Å². The topological polar surface area (TPSA) is 98.7 Å². The lowest BCUT2D eigenvalue weighted by molar-refractivity contribution is 0.252. The van der Waals surface area contributed by atoms with E-state index in [0.29, 0.717) is 46.5 Å². The summed E-state index contributed by atoms with van der Waals surface area (Å²) in [5, 5.41) is 8.83. The van der Waals surface area contributed by atoms with Crippen molar-refractivity contribution in [3.63, 3.8) is 0 Å². The van der Waals surface area contributed by atoms with Gasteiger partial charge in [-0.05, 0) is 49.2 Å². The zero-order valence-electron chi connectivity index (χ0n) is 15.3. The van der Waals surface area contributed by atoms with Gasteiger partial charge < -0.3 is 13.6 Å². The molecule has 8 nitrogen and oxygen atoms in total.